The van der Waals surface area contributed by atoms with E-state index >= 15 is 0 Å². The largest absolute Gasteiger partial charge is 0.484 e. The second-order valence-electron chi connectivity index (χ2n) is 6.16. The van der Waals surface area contributed by atoms with Crippen molar-refractivity contribution in [3.05, 3.63) is 63.8 Å². The van der Waals surface area contributed by atoms with Gasteiger partial charge in [-0.25, -0.2) is 0 Å². The first-order valence-corrected chi connectivity index (χ1v) is 9.23. The molecule has 1 heterocycles. The number of rotatable bonds is 6. The molecule has 0 aliphatic carbocycles. The van der Waals surface area contributed by atoms with Crippen LogP contribution in [0.15, 0.2) is 47.8 Å². The van der Waals surface area contributed by atoms with Gasteiger partial charge in [-0.05, 0) is 55.0 Å². The minimum atomic E-state index is -4.42. The summed E-state index contributed by atoms with van der Waals surface area (Å²) < 4.78 is 46.1. The van der Waals surface area contributed by atoms with Gasteiger partial charge in [-0.2, -0.15) is 13.2 Å². The van der Waals surface area contributed by atoms with Gasteiger partial charge >= 0.3 is 6.18 Å². The van der Waals surface area contributed by atoms with E-state index < -0.39 is 11.7 Å². The van der Waals surface area contributed by atoms with Crippen LogP contribution in [0.2, 0.25) is 0 Å². The molecule has 1 unspecified atom stereocenters. The summed E-state index contributed by atoms with van der Waals surface area (Å²) in [6.45, 7) is 2.70. The van der Waals surface area contributed by atoms with Crippen LogP contribution in [0.3, 0.4) is 0 Å². The highest BCUT2D eigenvalue weighted by Crippen LogP contribution is 2.39. The Kier molecular flexibility index (Phi) is 5.53. The molecule has 1 atom stereocenters. The number of fused-ring (bicyclic) bond motifs is 1. The normalized spacial score (nSPS) is 13.1. The van der Waals surface area contributed by atoms with E-state index in [0.717, 1.165) is 16.5 Å². The minimum absolute atomic E-state index is 0.268. The number of aryl methyl sites for hydroxylation is 1. The van der Waals surface area contributed by atoms with Crippen molar-refractivity contribution in [2.45, 2.75) is 25.6 Å². The molecule has 1 aromatic heterocycles. The first-order chi connectivity index (χ1) is 12.4. The Hall–Kier alpha value is -2.05. The molecule has 3 aromatic rings. The molecule has 0 aliphatic heterocycles. The van der Waals surface area contributed by atoms with Gasteiger partial charge in [-0.3, -0.25) is 0 Å². The molecule has 6 heteroatoms. The lowest BCUT2D eigenvalue weighted by Crippen LogP contribution is -2.16. The fraction of sp³-hybridized carbons (Fsp3) is 0.300. The minimum Gasteiger partial charge on any atom is -0.484 e. The lowest BCUT2D eigenvalue weighted by molar-refractivity contribution is -0.137. The fourth-order valence-electron chi connectivity index (χ4n) is 2.92. The second kappa shape index (κ2) is 7.68. The number of nitrogens with one attached hydrogen (secondary N) is 1. The predicted molar refractivity (Wildman–Crippen MR) is 99.9 cm³/mol. The zero-order chi connectivity index (χ0) is 18.7. The van der Waals surface area contributed by atoms with Gasteiger partial charge in [0.05, 0.1) is 5.56 Å². The van der Waals surface area contributed by atoms with Crippen LogP contribution in [0.4, 0.5) is 13.2 Å². The van der Waals surface area contributed by atoms with Gasteiger partial charge in [0.2, 0.25) is 0 Å². The summed E-state index contributed by atoms with van der Waals surface area (Å²) in [7, 11) is 1.85. The summed E-state index contributed by atoms with van der Waals surface area (Å²) in [4.78, 5) is 1.04. The molecule has 0 aliphatic rings. The molecule has 138 valence electrons. The molecule has 26 heavy (non-hydrogen) atoms. The van der Waals surface area contributed by atoms with E-state index in [1.807, 2.05) is 25.4 Å². The molecule has 0 saturated carbocycles. The average Bonchev–Trinajstić information content (AvgIpc) is 3.03. The molecule has 0 spiro atoms. The molecule has 1 N–H and O–H groups in total. The maximum Gasteiger partial charge on any atom is 0.416 e. The van der Waals surface area contributed by atoms with Crippen molar-refractivity contribution >= 4 is 22.1 Å². The monoisotopic (exact) mass is 379 g/mol. The summed E-state index contributed by atoms with van der Waals surface area (Å²) in [5.74, 6) is 0.268. The van der Waals surface area contributed by atoms with Gasteiger partial charge in [0.25, 0.3) is 0 Å². The first kappa shape index (κ1) is 18.7. The number of alkyl halides is 3. The fourth-order valence-corrected chi connectivity index (χ4v) is 3.91. The van der Waals surface area contributed by atoms with E-state index in [4.69, 9.17) is 4.74 Å². The van der Waals surface area contributed by atoms with Gasteiger partial charge in [0.1, 0.15) is 11.9 Å². The van der Waals surface area contributed by atoms with E-state index in [2.05, 4.69) is 5.32 Å². The molecular weight excluding hydrogens is 359 g/mol. The van der Waals surface area contributed by atoms with Gasteiger partial charge in [-0.1, -0.05) is 24.3 Å². The van der Waals surface area contributed by atoms with Crippen molar-refractivity contribution in [3.63, 3.8) is 0 Å². The summed E-state index contributed by atoms with van der Waals surface area (Å²) in [5.41, 5.74) is 0.397. The van der Waals surface area contributed by atoms with Crippen LogP contribution in [-0.4, -0.2) is 13.6 Å². The molecule has 0 saturated heterocycles. The molecule has 0 radical (unpaired) electrons. The quantitative estimate of drug-likeness (QED) is 0.571. The summed E-state index contributed by atoms with van der Waals surface area (Å²) >= 11 is 1.57. The Morgan fingerprint density at radius 3 is 2.58 bits per heavy atom. The van der Waals surface area contributed by atoms with E-state index in [-0.39, 0.29) is 11.9 Å². The Bertz CT molecular complexity index is 888. The Labute approximate surface area is 154 Å². The van der Waals surface area contributed by atoms with Crippen LogP contribution >= 0.6 is 11.3 Å². The zero-order valence-electron chi connectivity index (χ0n) is 14.6. The molecule has 2 aromatic carbocycles. The molecular formula is C20H20F3NOS. The van der Waals surface area contributed by atoms with Crippen LogP contribution in [0, 0.1) is 6.92 Å². The lowest BCUT2D eigenvalue weighted by Gasteiger charge is -2.21. The number of halogens is 3. The third-order valence-corrected chi connectivity index (χ3v) is 5.38. The lowest BCUT2D eigenvalue weighted by atomic mass is 10.0. The zero-order valence-corrected chi connectivity index (χ0v) is 15.4. The number of benzene rings is 2. The Balaban J connectivity index is 2.05. The number of hydrogen-bond acceptors (Lipinski definition) is 3. The van der Waals surface area contributed by atoms with Gasteiger partial charge in [-0.15, -0.1) is 11.3 Å². The standard InChI is InChI=1S/C20H20F3NOS/c1-13-8-10-26-19(13)17(7-9-24-2)25-18-12-15(20(21,22)23)11-14-5-3-4-6-16(14)18/h3-6,8,10-12,17,24H,7,9H2,1-2H3. The number of thiophene rings is 1. The van der Waals surface area contributed by atoms with Crippen molar-refractivity contribution in [3.8, 4) is 5.75 Å². The van der Waals surface area contributed by atoms with Crippen molar-refractivity contribution in [1.82, 2.24) is 5.32 Å². The van der Waals surface area contributed by atoms with Crippen molar-refractivity contribution in [2.75, 3.05) is 13.6 Å². The molecule has 0 bridgehead atoms. The maximum absolute atomic E-state index is 13.3. The third-order valence-electron chi connectivity index (χ3n) is 4.27. The highest BCUT2D eigenvalue weighted by molar-refractivity contribution is 7.10. The van der Waals surface area contributed by atoms with Crippen LogP contribution in [0.5, 0.6) is 5.75 Å². The highest BCUT2D eigenvalue weighted by Gasteiger charge is 2.32. The summed E-state index contributed by atoms with van der Waals surface area (Å²) in [5, 5.41) is 6.26. The Morgan fingerprint density at radius 1 is 1.15 bits per heavy atom. The summed E-state index contributed by atoms with van der Waals surface area (Å²) in [6.07, 6.45) is -4.04. The smallest absolute Gasteiger partial charge is 0.416 e. The van der Waals surface area contributed by atoms with Crippen molar-refractivity contribution < 1.29 is 17.9 Å². The Morgan fingerprint density at radius 2 is 1.92 bits per heavy atom. The van der Waals surface area contributed by atoms with Gasteiger partial charge in [0, 0.05) is 16.7 Å². The first-order valence-electron chi connectivity index (χ1n) is 8.35. The van der Waals surface area contributed by atoms with Crippen LogP contribution in [-0.2, 0) is 6.18 Å². The highest BCUT2D eigenvalue weighted by atomic mass is 32.1. The third kappa shape index (κ3) is 4.02. The average molecular weight is 379 g/mol. The number of hydrogen-bond donors (Lipinski definition) is 1. The molecule has 0 fully saturated rings. The van der Waals surface area contributed by atoms with Crippen LogP contribution in [0.25, 0.3) is 10.8 Å². The van der Waals surface area contributed by atoms with Gasteiger partial charge < -0.3 is 10.1 Å². The van der Waals surface area contributed by atoms with Crippen LogP contribution < -0.4 is 10.1 Å². The van der Waals surface area contributed by atoms with E-state index in [0.29, 0.717) is 23.7 Å². The summed E-state index contributed by atoms with van der Waals surface area (Å²) in [6, 6.07) is 11.3. The van der Waals surface area contributed by atoms with Gasteiger partial charge in [0.15, 0.2) is 0 Å². The van der Waals surface area contributed by atoms with Crippen molar-refractivity contribution in [2.24, 2.45) is 0 Å². The van der Waals surface area contributed by atoms with E-state index in [9.17, 15) is 13.2 Å². The molecule has 0 amide bonds. The predicted octanol–water partition coefficient (Wildman–Crippen LogP) is 5.96. The maximum atomic E-state index is 13.3. The second-order valence-corrected chi connectivity index (χ2v) is 7.11. The SMILES string of the molecule is CNCCC(Oc1cc(C(F)(F)F)cc2ccccc12)c1sccc1C. The molecule has 3 rings (SSSR count). The number of ether oxygens (including phenoxy) is 1. The van der Waals surface area contributed by atoms with E-state index in [1.54, 1.807) is 35.6 Å². The van der Waals surface area contributed by atoms with Crippen molar-refractivity contribution in [1.29, 1.82) is 0 Å². The topological polar surface area (TPSA) is 21.3 Å². The van der Waals surface area contributed by atoms with Crippen LogP contribution in [0.1, 0.15) is 28.5 Å². The van der Waals surface area contributed by atoms with E-state index in [1.165, 1.54) is 6.07 Å². The molecule has 2 nitrogen and oxygen atoms in total.